The van der Waals surface area contributed by atoms with Crippen LogP contribution >= 0.6 is 11.3 Å². The van der Waals surface area contributed by atoms with Gasteiger partial charge in [0.05, 0.1) is 42.7 Å². The highest BCUT2D eigenvalue weighted by molar-refractivity contribution is 7.18. The first kappa shape index (κ1) is 34.8. The van der Waals surface area contributed by atoms with Crippen molar-refractivity contribution in [2.45, 2.75) is 38.8 Å². The number of halogens is 4. The summed E-state index contributed by atoms with van der Waals surface area (Å²) in [4.78, 5) is 21.4. The molecule has 3 aromatic heterocycles. The topological polar surface area (TPSA) is 72.7 Å². The minimum atomic E-state index is -2.39. The van der Waals surface area contributed by atoms with E-state index in [2.05, 4.69) is 12.6 Å². The Morgan fingerprint density at radius 2 is 1.82 bits per heavy atom. The van der Waals surface area contributed by atoms with Crippen molar-refractivity contribution < 1.29 is 31.8 Å². The Morgan fingerprint density at radius 1 is 1.02 bits per heavy atom. The summed E-state index contributed by atoms with van der Waals surface area (Å²) in [6.07, 6.45) is 0.170. The van der Waals surface area contributed by atoms with Crippen molar-refractivity contribution in [2.75, 3.05) is 46.5 Å². The van der Waals surface area contributed by atoms with E-state index in [1.165, 1.54) is 24.5 Å². The molecule has 0 saturated heterocycles. The van der Waals surface area contributed by atoms with E-state index in [4.69, 9.17) is 19.6 Å². The lowest BCUT2D eigenvalue weighted by Gasteiger charge is -2.33. The fraction of sp³-hybridized carbons (Fsp3) is 0.342. The van der Waals surface area contributed by atoms with Crippen LogP contribution in [0.3, 0.4) is 0 Å². The number of fused-ring (bicyclic) bond motifs is 3. The van der Waals surface area contributed by atoms with E-state index in [-0.39, 0.29) is 43.0 Å². The summed E-state index contributed by atoms with van der Waals surface area (Å²) >= 11 is 1.40. The molecule has 13 heteroatoms. The summed E-state index contributed by atoms with van der Waals surface area (Å²) in [5.74, 6) is -1.78. The lowest BCUT2D eigenvalue weighted by molar-refractivity contribution is -0.129. The average molecular weight is 720 g/mol. The predicted molar refractivity (Wildman–Crippen MR) is 189 cm³/mol. The third-order valence-corrected chi connectivity index (χ3v) is 10.6. The molecule has 0 fully saturated rings. The Kier molecular flexibility index (Phi) is 9.95. The number of alkyl halides is 2. The van der Waals surface area contributed by atoms with Gasteiger partial charge in [-0.25, -0.2) is 22.5 Å². The van der Waals surface area contributed by atoms with Gasteiger partial charge in [0.2, 0.25) is 5.91 Å². The number of amides is 1. The lowest BCUT2D eigenvalue weighted by Crippen LogP contribution is -2.40. The minimum Gasteiger partial charge on any atom is -0.490 e. The van der Waals surface area contributed by atoms with Gasteiger partial charge >= 0.3 is 0 Å². The predicted octanol–water partition coefficient (Wildman–Crippen LogP) is 7.55. The van der Waals surface area contributed by atoms with E-state index >= 15 is 4.39 Å². The van der Waals surface area contributed by atoms with Crippen molar-refractivity contribution in [3.05, 3.63) is 89.0 Å². The number of aromatic nitrogens is 3. The molecule has 1 amide bonds. The number of thiophene rings is 1. The molecule has 2 aromatic carbocycles. The van der Waals surface area contributed by atoms with Gasteiger partial charge in [-0.3, -0.25) is 14.4 Å². The Labute approximate surface area is 296 Å². The number of carbonyl (C=O) groups excluding carboxylic acids is 1. The minimum absolute atomic E-state index is 0.00790. The van der Waals surface area contributed by atoms with E-state index in [9.17, 15) is 18.0 Å². The normalized spacial score (nSPS) is 16.3. The highest BCUT2D eigenvalue weighted by Gasteiger charge is 2.31. The number of pyridine rings is 1. The third kappa shape index (κ3) is 6.77. The maximum Gasteiger partial charge on any atom is 0.251 e. The molecule has 51 heavy (non-hydrogen) atoms. The first-order valence-electron chi connectivity index (χ1n) is 16.8. The zero-order valence-electron chi connectivity index (χ0n) is 28.3. The van der Waals surface area contributed by atoms with Crippen molar-refractivity contribution in [3.8, 4) is 39.5 Å². The summed E-state index contributed by atoms with van der Waals surface area (Å²) in [6.45, 7) is 7.52. The number of ether oxygens (including phenoxy) is 2. The molecule has 1 atom stereocenters. The van der Waals surface area contributed by atoms with Crippen molar-refractivity contribution >= 4 is 27.3 Å². The summed E-state index contributed by atoms with van der Waals surface area (Å²) in [7, 11) is 1.51. The lowest BCUT2D eigenvalue weighted by atomic mass is 9.94. The maximum absolute atomic E-state index is 16.2. The highest BCUT2D eigenvalue weighted by atomic mass is 32.1. The van der Waals surface area contributed by atoms with E-state index in [0.29, 0.717) is 66.4 Å². The third-order valence-electron chi connectivity index (χ3n) is 9.65. The number of nitrogens with zero attached hydrogens (tertiary/aromatic N) is 5. The van der Waals surface area contributed by atoms with Gasteiger partial charge in [-0.05, 0) is 60.5 Å². The first-order valence-corrected chi connectivity index (χ1v) is 17.7. The van der Waals surface area contributed by atoms with Crippen molar-refractivity contribution in [1.82, 2.24) is 24.6 Å². The molecule has 0 spiro atoms. The number of carbonyl (C=O) groups is 1. The molecule has 0 N–H and O–H groups in total. The molecule has 0 radical (unpaired) electrons. The van der Waals surface area contributed by atoms with Gasteiger partial charge in [-0.1, -0.05) is 18.7 Å². The Hall–Kier alpha value is -4.59. The summed E-state index contributed by atoms with van der Waals surface area (Å²) < 4.78 is 70.9. The van der Waals surface area contributed by atoms with Gasteiger partial charge in [0, 0.05) is 60.1 Å². The fourth-order valence-electron chi connectivity index (χ4n) is 7.14. The second kappa shape index (κ2) is 14.6. The quantitative estimate of drug-likeness (QED) is 0.0844. The van der Waals surface area contributed by atoms with Crippen molar-refractivity contribution in [1.29, 1.82) is 0 Å². The molecule has 7 rings (SSSR count). The molecule has 266 valence electrons. The van der Waals surface area contributed by atoms with Crippen LogP contribution in [0.1, 0.15) is 29.8 Å². The van der Waals surface area contributed by atoms with Crippen LogP contribution in [0.25, 0.3) is 43.9 Å². The van der Waals surface area contributed by atoms with Crippen LogP contribution in [-0.4, -0.2) is 83.4 Å². The van der Waals surface area contributed by atoms with Crippen molar-refractivity contribution in [3.63, 3.8) is 0 Å². The number of methoxy groups -OCH3 is 1. The molecule has 5 aromatic rings. The molecule has 1 unspecified atom stereocenters. The molecular weight excluding hydrogens is 683 g/mol. The molecule has 2 aliphatic heterocycles. The number of rotatable bonds is 10. The Balaban J connectivity index is 1.42. The zero-order valence-corrected chi connectivity index (χ0v) is 29.1. The molecule has 0 aliphatic carbocycles. The maximum atomic E-state index is 16.2. The second-order valence-electron chi connectivity index (χ2n) is 12.7. The van der Waals surface area contributed by atoms with E-state index in [0.717, 1.165) is 39.9 Å². The van der Waals surface area contributed by atoms with Crippen molar-refractivity contribution in [2.24, 2.45) is 0 Å². The number of hydrogen-bond donors (Lipinski definition) is 0. The Morgan fingerprint density at radius 3 is 2.59 bits per heavy atom. The fourth-order valence-corrected chi connectivity index (χ4v) is 8.08. The van der Waals surface area contributed by atoms with Gasteiger partial charge in [-0.2, -0.15) is 5.10 Å². The molecular formula is C38H37F4N5O3S. The van der Waals surface area contributed by atoms with Gasteiger partial charge in [0.1, 0.15) is 35.4 Å². The number of hydrogen-bond acceptors (Lipinski definition) is 7. The zero-order chi connectivity index (χ0) is 35.8. The standard InChI is InChI=1S/C38H37F4N5O3S/c1-4-33(48)46-12-13-47-30(22(46)2)20-29(44-47)37-35(34-28(40)18-26(39)19-31(34)50-15-14-49-3)38-27(9-16-51-38)36(43-37)25-6-5-23-7-10-45(21-32(41)42)11-8-24(23)17-25/h4-6,9,16-20,22,32H,1,7-8,10-15,21H2,2-3H3. The SMILES string of the molecule is C=CC(=O)N1CCn2nc(-c3nc(-c4ccc5c(c4)CCN(CC(F)F)CC5)c4ccsc4c3-c3c(F)cc(F)cc3OCCOC)cc2C1C. The van der Waals surface area contributed by atoms with E-state index in [1.54, 1.807) is 9.80 Å². The van der Waals surface area contributed by atoms with Crippen LogP contribution in [0.15, 0.2) is 60.5 Å². The van der Waals surface area contributed by atoms with Crippen LogP contribution in [0.2, 0.25) is 0 Å². The van der Waals surface area contributed by atoms with Crippen LogP contribution in [-0.2, 0) is 28.9 Å². The van der Waals surface area contributed by atoms with Gasteiger partial charge in [0.25, 0.3) is 6.43 Å². The second-order valence-corrected chi connectivity index (χ2v) is 13.6. The molecule has 0 saturated carbocycles. The van der Waals surface area contributed by atoms with Crippen LogP contribution in [0, 0.1) is 11.6 Å². The largest absolute Gasteiger partial charge is 0.490 e. The Bertz CT molecular complexity index is 2110. The molecule has 0 bridgehead atoms. The monoisotopic (exact) mass is 719 g/mol. The smallest absolute Gasteiger partial charge is 0.251 e. The highest BCUT2D eigenvalue weighted by Crippen LogP contribution is 2.47. The van der Waals surface area contributed by atoms with Gasteiger partial charge in [-0.15, -0.1) is 11.3 Å². The van der Waals surface area contributed by atoms with Crippen LogP contribution in [0.5, 0.6) is 5.75 Å². The van der Waals surface area contributed by atoms with E-state index < -0.39 is 18.1 Å². The van der Waals surface area contributed by atoms with Crippen LogP contribution < -0.4 is 4.74 Å². The molecule has 5 heterocycles. The molecule has 2 aliphatic rings. The van der Waals surface area contributed by atoms with Crippen LogP contribution in [0.4, 0.5) is 17.6 Å². The first-order chi connectivity index (χ1) is 24.7. The van der Waals surface area contributed by atoms with Gasteiger partial charge < -0.3 is 14.4 Å². The van der Waals surface area contributed by atoms with Gasteiger partial charge in [0.15, 0.2) is 0 Å². The summed E-state index contributed by atoms with van der Waals surface area (Å²) in [5.41, 5.74) is 5.71. The summed E-state index contributed by atoms with van der Waals surface area (Å²) in [6, 6.07) is 11.6. The van der Waals surface area contributed by atoms with E-state index in [1.807, 2.05) is 41.3 Å². The summed E-state index contributed by atoms with van der Waals surface area (Å²) in [5, 5.41) is 7.61. The molecule has 8 nitrogen and oxygen atoms in total. The number of benzene rings is 2. The average Bonchev–Trinajstić information content (AvgIpc) is 3.73.